The second-order valence-electron chi connectivity index (χ2n) is 3.18. The maximum Gasteiger partial charge on any atom is 0.189 e. The third-order valence-electron chi connectivity index (χ3n) is 2.25. The topological polar surface area (TPSA) is 42.1 Å². The number of aromatic nitrogens is 1. The van der Waals surface area contributed by atoms with Gasteiger partial charge in [0.25, 0.3) is 0 Å². The van der Waals surface area contributed by atoms with Gasteiger partial charge in [0.1, 0.15) is 5.75 Å². The van der Waals surface area contributed by atoms with Gasteiger partial charge in [-0.2, -0.15) is 0 Å². The molecule has 4 heteroatoms. The third-order valence-corrected chi connectivity index (χ3v) is 2.53. The first-order chi connectivity index (χ1) is 7.26. The fraction of sp³-hybridized carbons (Fsp3) is 0.182. The van der Waals surface area contributed by atoms with Crippen LogP contribution in [0, 0.1) is 0 Å². The summed E-state index contributed by atoms with van der Waals surface area (Å²) in [7, 11) is 1.57. The third kappa shape index (κ3) is 1.70. The van der Waals surface area contributed by atoms with Gasteiger partial charge in [-0.3, -0.25) is 4.79 Å². The standard InChI is InChI=1S/C11H10ClNO2/c1-15-10-4-2-3-8-9(14)5-7(6-12)13-11(8)10/h2-5H,6H2,1H3,(H,13,14). The monoisotopic (exact) mass is 223 g/mol. The molecule has 2 aromatic rings. The molecule has 1 aromatic carbocycles. The van der Waals surface area contributed by atoms with Crippen molar-refractivity contribution >= 4 is 22.5 Å². The second-order valence-corrected chi connectivity index (χ2v) is 3.44. The highest BCUT2D eigenvalue weighted by Gasteiger charge is 2.05. The Bertz CT molecular complexity index is 548. The fourth-order valence-electron chi connectivity index (χ4n) is 1.54. The average Bonchev–Trinajstić information content (AvgIpc) is 2.28. The first-order valence-corrected chi connectivity index (χ1v) is 5.04. The van der Waals surface area contributed by atoms with E-state index in [0.717, 1.165) is 0 Å². The van der Waals surface area contributed by atoms with Gasteiger partial charge in [0.15, 0.2) is 5.43 Å². The number of methoxy groups -OCH3 is 1. The van der Waals surface area contributed by atoms with Crippen molar-refractivity contribution in [1.82, 2.24) is 4.98 Å². The van der Waals surface area contributed by atoms with E-state index in [1.807, 2.05) is 0 Å². The Morgan fingerprint density at radius 1 is 1.47 bits per heavy atom. The molecule has 0 aliphatic heterocycles. The Morgan fingerprint density at radius 3 is 2.93 bits per heavy atom. The molecule has 0 spiro atoms. The van der Waals surface area contributed by atoms with Crippen LogP contribution in [0.25, 0.3) is 10.9 Å². The molecule has 0 unspecified atom stereocenters. The molecule has 78 valence electrons. The molecule has 0 atom stereocenters. The molecule has 0 saturated carbocycles. The summed E-state index contributed by atoms with van der Waals surface area (Å²) in [4.78, 5) is 14.8. The first-order valence-electron chi connectivity index (χ1n) is 4.51. The van der Waals surface area contributed by atoms with Crippen molar-refractivity contribution in [3.8, 4) is 5.75 Å². The van der Waals surface area contributed by atoms with Gasteiger partial charge in [-0.05, 0) is 12.1 Å². The summed E-state index contributed by atoms with van der Waals surface area (Å²) in [5, 5.41) is 0.614. The van der Waals surface area contributed by atoms with Crippen LogP contribution in [0.3, 0.4) is 0 Å². The number of aromatic amines is 1. The summed E-state index contributed by atoms with van der Waals surface area (Å²) < 4.78 is 5.17. The maximum absolute atomic E-state index is 11.7. The lowest BCUT2D eigenvalue weighted by molar-refractivity contribution is 0.419. The largest absolute Gasteiger partial charge is 0.495 e. The van der Waals surface area contributed by atoms with Crippen LogP contribution >= 0.6 is 11.6 Å². The highest BCUT2D eigenvalue weighted by molar-refractivity contribution is 6.17. The molecule has 0 radical (unpaired) electrons. The van der Waals surface area contributed by atoms with Crippen molar-refractivity contribution in [3.63, 3.8) is 0 Å². The van der Waals surface area contributed by atoms with Crippen LogP contribution in [0.15, 0.2) is 29.1 Å². The molecule has 0 aliphatic rings. The van der Waals surface area contributed by atoms with Crippen molar-refractivity contribution in [2.24, 2.45) is 0 Å². The van der Waals surface area contributed by atoms with Crippen LogP contribution in [0.2, 0.25) is 0 Å². The SMILES string of the molecule is COc1cccc2c(=O)cc(CCl)[nH]c12. The Labute approximate surface area is 91.6 Å². The number of hydrogen-bond donors (Lipinski definition) is 1. The predicted molar refractivity (Wildman–Crippen MR) is 60.7 cm³/mol. The quantitative estimate of drug-likeness (QED) is 0.794. The number of benzene rings is 1. The number of nitrogens with one attached hydrogen (secondary N) is 1. The lowest BCUT2D eigenvalue weighted by atomic mass is 10.2. The Kier molecular flexibility index (Phi) is 2.64. The number of para-hydroxylation sites is 1. The molecular formula is C11H10ClNO2. The summed E-state index contributed by atoms with van der Waals surface area (Å²) in [5.74, 6) is 0.931. The van der Waals surface area contributed by atoms with Gasteiger partial charge >= 0.3 is 0 Å². The van der Waals surface area contributed by atoms with E-state index in [1.165, 1.54) is 6.07 Å². The summed E-state index contributed by atoms with van der Waals surface area (Å²) in [6.45, 7) is 0. The van der Waals surface area contributed by atoms with Gasteiger partial charge in [0.05, 0.1) is 18.5 Å². The molecule has 1 heterocycles. The number of alkyl halides is 1. The minimum atomic E-state index is -0.0432. The van der Waals surface area contributed by atoms with Gasteiger partial charge in [-0.15, -0.1) is 11.6 Å². The van der Waals surface area contributed by atoms with E-state index in [2.05, 4.69) is 4.98 Å². The van der Waals surface area contributed by atoms with Crippen LogP contribution in [-0.4, -0.2) is 12.1 Å². The van der Waals surface area contributed by atoms with E-state index < -0.39 is 0 Å². The summed E-state index contributed by atoms with van der Waals surface area (Å²) in [5.41, 5.74) is 1.35. The van der Waals surface area contributed by atoms with Crippen LogP contribution in [0.5, 0.6) is 5.75 Å². The van der Waals surface area contributed by atoms with E-state index in [1.54, 1.807) is 25.3 Å². The molecule has 2 rings (SSSR count). The normalized spacial score (nSPS) is 10.5. The van der Waals surface area contributed by atoms with Gasteiger partial charge in [-0.1, -0.05) is 6.07 Å². The zero-order valence-electron chi connectivity index (χ0n) is 8.21. The average molecular weight is 224 g/mol. The van der Waals surface area contributed by atoms with Crippen molar-refractivity contribution in [2.75, 3.05) is 7.11 Å². The molecule has 3 nitrogen and oxygen atoms in total. The zero-order valence-corrected chi connectivity index (χ0v) is 8.97. The van der Waals surface area contributed by atoms with E-state index in [-0.39, 0.29) is 11.3 Å². The molecule has 1 N–H and O–H groups in total. The number of hydrogen-bond acceptors (Lipinski definition) is 2. The number of rotatable bonds is 2. The van der Waals surface area contributed by atoms with Crippen LogP contribution < -0.4 is 10.2 Å². The highest BCUT2D eigenvalue weighted by atomic mass is 35.5. The molecule has 15 heavy (non-hydrogen) atoms. The molecular weight excluding hydrogens is 214 g/mol. The van der Waals surface area contributed by atoms with Crippen molar-refractivity contribution in [2.45, 2.75) is 5.88 Å². The minimum absolute atomic E-state index is 0.0432. The Hall–Kier alpha value is -1.48. The number of ether oxygens (including phenoxy) is 1. The van der Waals surface area contributed by atoms with Crippen LogP contribution in [0.1, 0.15) is 5.69 Å². The van der Waals surface area contributed by atoms with Gasteiger partial charge in [0.2, 0.25) is 0 Å². The zero-order chi connectivity index (χ0) is 10.8. The number of pyridine rings is 1. The molecule has 0 aliphatic carbocycles. The first kappa shape index (κ1) is 10.1. The number of halogens is 1. The summed E-state index contributed by atoms with van der Waals surface area (Å²) in [6.07, 6.45) is 0. The molecule has 1 aromatic heterocycles. The van der Waals surface area contributed by atoms with E-state index in [4.69, 9.17) is 16.3 Å². The minimum Gasteiger partial charge on any atom is -0.495 e. The second kappa shape index (κ2) is 3.95. The number of fused-ring (bicyclic) bond motifs is 1. The molecule has 0 saturated heterocycles. The maximum atomic E-state index is 11.7. The summed E-state index contributed by atoms with van der Waals surface area (Å²) in [6, 6.07) is 6.86. The van der Waals surface area contributed by atoms with Crippen LogP contribution in [0.4, 0.5) is 0 Å². The van der Waals surface area contributed by atoms with Gasteiger partial charge in [-0.25, -0.2) is 0 Å². The van der Waals surface area contributed by atoms with Crippen molar-refractivity contribution < 1.29 is 4.74 Å². The Morgan fingerprint density at radius 2 is 2.27 bits per heavy atom. The summed E-state index contributed by atoms with van der Waals surface area (Å²) >= 11 is 5.68. The predicted octanol–water partition coefficient (Wildman–Crippen LogP) is 2.28. The van der Waals surface area contributed by atoms with E-state index >= 15 is 0 Å². The molecule has 0 amide bonds. The number of H-pyrrole nitrogens is 1. The van der Waals surface area contributed by atoms with Gasteiger partial charge < -0.3 is 9.72 Å². The van der Waals surface area contributed by atoms with Crippen molar-refractivity contribution in [1.29, 1.82) is 0 Å². The Balaban J connectivity index is 2.85. The highest BCUT2D eigenvalue weighted by Crippen LogP contribution is 2.21. The fourth-order valence-corrected chi connectivity index (χ4v) is 1.68. The van der Waals surface area contributed by atoms with Crippen LogP contribution in [-0.2, 0) is 5.88 Å². The molecule has 0 bridgehead atoms. The lowest BCUT2D eigenvalue weighted by Crippen LogP contribution is -2.04. The molecule has 0 fully saturated rings. The van der Waals surface area contributed by atoms with Gasteiger partial charge in [0, 0.05) is 17.1 Å². The van der Waals surface area contributed by atoms with E-state index in [9.17, 15) is 4.79 Å². The lowest BCUT2D eigenvalue weighted by Gasteiger charge is -2.06. The smallest absolute Gasteiger partial charge is 0.189 e. The van der Waals surface area contributed by atoms with Crippen molar-refractivity contribution in [3.05, 3.63) is 40.2 Å². The van der Waals surface area contributed by atoms with E-state index in [0.29, 0.717) is 22.3 Å².